The van der Waals surface area contributed by atoms with Crippen LogP contribution in [-0.2, 0) is 10.0 Å². The number of sulfonamides is 1. The molecule has 138 valence electrons. The highest BCUT2D eigenvalue weighted by Gasteiger charge is 2.31. The van der Waals surface area contributed by atoms with Crippen LogP contribution in [-0.4, -0.2) is 43.8 Å². The molecule has 0 unspecified atom stereocenters. The summed E-state index contributed by atoms with van der Waals surface area (Å²) in [6, 6.07) is 10.8. The lowest BCUT2D eigenvalue weighted by Crippen LogP contribution is -2.46. The summed E-state index contributed by atoms with van der Waals surface area (Å²) >= 11 is 0. The van der Waals surface area contributed by atoms with Gasteiger partial charge in [0, 0.05) is 38.3 Å². The van der Waals surface area contributed by atoms with Gasteiger partial charge in [0.25, 0.3) is 5.69 Å². The van der Waals surface area contributed by atoms with Gasteiger partial charge in [-0.2, -0.15) is 4.31 Å². The molecule has 0 amide bonds. The topological polar surface area (TPSA) is 102 Å². The lowest BCUT2D eigenvalue weighted by atomic mass is 10.2. The molecule has 9 heteroatoms. The second-order valence-corrected chi connectivity index (χ2v) is 7.82. The number of hydrogen-bond acceptors (Lipinski definition) is 6. The van der Waals surface area contributed by atoms with Gasteiger partial charge >= 0.3 is 0 Å². The molecule has 1 aliphatic heterocycles. The van der Waals surface area contributed by atoms with E-state index in [-0.39, 0.29) is 16.3 Å². The monoisotopic (exact) mass is 377 g/mol. The molecule has 2 aromatic rings. The zero-order valence-corrected chi connectivity index (χ0v) is 15.0. The molecule has 3 rings (SSSR count). The van der Waals surface area contributed by atoms with Gasteiger partial charge < -0.3 is 10.1 Å². The average molecular weight is 377 g/mol. The van der Waals surface area contributed by atoms with Gasteiger partial charge in [0.05, 0.1) is 4.92 Å². The molecule has 0 radical (unpaired) electrons. The minimum absolute atomic E-state index is 0.0726. The van der Waals surface area contributed by atoms with Crippen LogP contribution in [0, 0.1) is 17.0 Å². The van der Waals surface area contributed by atoms with Gasteiger partial charge in [0.2, 0.25) is 10.0 Å². The molecule has 1 fully saturated rings. The molecule has 26 heavy (non-hydrogen) atoms. The van der Waals surface area contributed by atoms with Crippen LogP contribution in [0.1, 0.15) is 5.56 Å². The van der Waals surface area contributed by atoms with Gasteiger partial charge in [0.15, 0.2) is 0 Å². The van der Waals surface area contributed by atoms with E-state index in [1.807, 2.05) is 19.1 Å². The number of nitro groups is 1. The van der Waals surface area contributed by atoms with E-state index < -0.39 is 14.9 Å². The minimum Gasteiger partial charge on any atom is -0.456 e. The van der Waals surface area contributed by atoms with Gasteiger partial charge in [-0.15, -0.1) is 0 Å². The van der Waals surface area contributed by atoms with Crippen LogP contribution in [0.5, 0.6) is 11.5 Å². The molecule has 0 aliphatic carbocycles. The summed E-state index contributed by atoms with van der Waals surface area (Å²) in [6.45, 7) is 3.50. The van der Waals surface area contributed by atoms with E-state index >= 15 is 0 Å². The van der Waals surface area contributed by atoms with Crippen LogP contribution in [0.2, 0.25) is 0 Å². The van der Waals surface area contributed by atoms with Gasteiger partial charge in [-0.25, -0.2) is 8.42 Å². The Morgan fingerprint density at radius 3 is 2.46 bits per heavy atom. The molecule has 0 saturated carbocycles. The SMILES string of the molecule is Cc1ccccc1Oc1ccc([N+](=O)[O-])cc1S(=O)(=O)N1CCNCC1. The van der Waals surface area contributed by atoms with E-state index in [4.69, 9.17) is 4.74 Å². The van der Waals surface area contributed by atoms with Gasteiger partial charge in [-0.3, -0.25) is 10.1 Å². The number of nitrogens with zero attached hydrogens (tertiary/aromatic N) is 2. The molecule has 0 bridgehead atoms. The Hall–Kier alpha value is -2.49. The Morgan fingerprint density at radius 2 is 1.81 bits per heavy atom. The van der Waals surface area contributed by atoms with Crippen molar-refractivity contribution in [1.29, 1.82) is 0 Å². The van der Waals surface area contributed by atoms with E-state index in [0.717, 1.165) is 11.6 Å². The first-order chi connectivity index (χ1) is 12.4. The number of aryl methyl sites for hydroxylation is 1. The van der Waals surface area contributed by atoms with Gasteiger partial charge in [0.1, 0.15) is 16.4 Å². The number of ether oxygens (including phenoxy) is 1. The Labute approximate surface area is 151 Å². The minimum atomic E-state index is -3.92. The third-order valence-corrected chi connectivity index (χ3v) is 6.07. The molecule has 1 saturated heterocycles. The zero-order chi connectivity index (χ0) is 18.7. The molecule has 0 aromatic heterocycles. The number of nitrogens with one attached hydrogen (secondary N) is 1. The number of piperazine rings is 1. The molecule has 8 nitrogen and oxygen atoms in total. The summed E-state index contributed by atoms with van der Waals surface area (Å²) in [5, 5.41) is 14.2. The van der Waals surface area contributed by atoms with Gasteiger partial charge in [-0.05, 0) is 24.6 Å². The Morgan fingerprint density at radius 1 is 1.12 bits per heavy atom. The third kappa shape index (κ3) is 3.69. The van der Waals surface area contributed by atoms with Crippen molar-refractivity contribution in [3.63, 3.8) is 0 Å². The summed E-state index contributed by atoms with van der Waals surface area (Å²) in [5.74, 6) is 0.571. The first-order valence-corrected chi connectivity index (χ1v) is 9.56. The van der Waals surface area contributed by atoms with Crippen molar-refractivity contribution in [3.8, 4) is 11.5 Å². The molecule has 2 aromatic carbocycles. The Kier molecular flexibility index (Phi) is 5.21. The number of nitro benzene ring substituents is 1. The summed E-state index contributed by atoms with van der Waals surface area (Å²) in [4.78, 5) is 10.3. The summed E-state index contributed by atoms with van der Waals surface area (Å²) in [7, 11) is -3.92. The second-order valence-electron chi connectivity index (χ2n) is 5.91. The predicted octanol–water partition coefficient (Wildman–Crippen LogP) is 2.29. The van der Waals surface area contributed by atoms with Crippen molar-refractivity contribution >= 4 is 15.7 Å². The van der Waals surface area contributed by atoms with Crippen molar-refractivity contribution in [3.05, 3.63) is 58.1 Å². The van der Waals surface area contributed by atoms with Crippen LogP contribution in [0.25, 0.3) is 0 Å². The lowest BCUT2D eigenvalue weighted by Gasteiger charge is -2.27. The number of hydrogen-bond donors (Lipinski definition) is 1. The fraction of sp³-hybridized carbons (Fsp3) is 0.294. The number of non-ortho nitro benzene ring substituents is 1. The zero-order valence-electron chi connectivity index (χ0n) is 14.2. The van der Waals surface area contributed by atoms with E-state index in [2.05, 4.69) is 5.32 Å². The van der Waals surface area contributed by atoms with Crippen molar-refractivity contribution in [2.45, 2.75) is 11.8 Å². The summed E-state index contributed by atoms with van der Waals surface area (Å²) in [6.07, 6.45) is 0. The quantitative estimate of drug-likeness (QED) is 0.634. The molecule has 1 aliphatic rings. The Bertz CT molecular complexity index is 924. The van der Waals surface area contributed by atoms with Crippen LogP contribution >= 0.6 is 0 Å². The van der Waals surface area contributed by atoms with E-state index in [9.17, 15) is 18.5 Å². The maximum absolute atomic E-state index is 13.1. The lowest BCUT2D eigenvalue weighted by molar-refractivity contribution is -0.385. The van der Waals surface area contributed by atoms with Crippen molar-refractivity contribution < 1.29 is 18.1 Å². The van der Waals surface area contributed by atoms with Crippen LogP contribution in [0.3, 0.4) is 0 Å². The fourth-order valence-electron chi connectivity index (χ4n) is 2.71. The summed E-state index contributed by atoms with van der Waals surface area (Å²) in [5.41, 5.74) is 0.534. The maximum atomic E-state index is 13.1. The van der Waals surface area contributed by atoms with E-state index in [1.165, 1.54) is 16.4 Å². The second kappa shape index (κ2) is 7.40. The van der Waals surface area contributed by atoms with Crippen LogP contribution in [0.4, 0.5) is 5.69 Å². The molecule has 1 N–H and O–H groups in total. The van der Waals surface area contributed by atoms with Crippen molar-refractivity contribution in [2.24, 2.45) is 0 Å². The highest BCUT2D eigenvalue weighted by molar-refractivity contribution is 7.89. The maximum Gasteiger partial charge on any atom is 0.271 e. The third-order valence-electron chi connectivity index (χ3n) is 4.15. The Balaban J connectivity index is 2.07. The number of rotatable bonds is 5. The highest BCUT2D eigenvalue weighted by Crippen LogP contribution is 2.34. The average Bonchev–Trinajstić information content (AvgIpc) is 2.64. The summed E-state index contributed by atoms with van der Waals surface area (Å²) < 4.78 is 33.2. The van der Waals surface area contributed by atoms with E-state index in [1.54, 1.807) is 12.1 Å². The normalized spacial score (nSPS) is 15.6. The van der Waals surface area contributed by atoms with Crippen molar-refractivity contribution in [1.82, 2.24) is 9.62 Å². The molecule has 0 spiro atoms. The first kappa shape index (κ1) is 18.3. The molecular weight excluding hydrogens is 358 g/mol. The first-order valence-electron chi connectivity index (χ1n) is 8.12. The highest BCUT2D eigenvalue weighted by atomic mass is 32.2. The van der Waals surface area contributed by atoms with Crippen molar-refractivity contribution in [2.75, 3.05) is 26.2 Å². The predicted molar refractivity (Wildman–Crippen MR) is 96.0 cm³/mol. The van der Waals surface area contributed by atoms with E-state index in [0.29, 0.717) is 31.9 Å². The fourth-order valence-corrected chi connectivity index (χ4v) is 4.28. The smallest absolute Gasteiger partial charge is 0.271 e. The largest absolute Gasteiger partial charge is 0.456 e. The van der Waals surface area contributed by atoms with Crippen LogP contribution < -0.4 is 10.1 Å². The number of para-hydroxylation sites is 1. The molecule has 1 heterocycles. The molecular formula is C17H19N3O5S. The number of benzene rings is 2. The van der Waals surface area contributed by atoms with Crippen LogP contribution in [0.15, 0.2) is 47.4 Å². The standard InChI is InChI=1S/C17H19N3O5S/c1-13-4-2-3-5-15(13)25-16-7-6-14(20(21)22)12-17(16)26(23,24)19-10-8-18-9-11-19/h2-7,12,18H,8-11H2,1H3. The molecule has 0 atom stereocenters. The van der Waals surface area contributed by atoms with Gasteiger partial charge in [-0.1, -0.05) is 18.2 Å².